The van der Waals surface area contributed by atoms with Gasteiger partial charge in [-0.2, -0.15) is 4.39 Å². The topological polar surface area (TPSA) is 38.1 Å². The van der Waals surface area contributed by atoms with Gasteiger partial charge in [0.05, 0.1) is 0 Å². The van der Waals surface area contributed by atoms with Crippen molar-refractivity contribution in [1.29, 1.82) is 0 Å². The number of aromatic nitrogens is 1. The van der Waals surface area contributed by atoms with Crippen molar-refractivity contribution in [2.24, 2.45) is 0 Å². The Hall–Kier alpha value is -1.49. The Morgan fingerprint density at radius 1 is 1.35 bits per heavy atom. The van der Waals surface area contributed by atoms with Crippen LogP contribution in [0, 0.1) is 11.6 Å². The van der Waals surface area contributed by atoms with Crippen LogP contribution in [0.4, 0.5) is 8.78 Å². The third-order valence-electron chi connectivity index (χ3n) is 2.52. The van der Waals surface area contributed by atoms with Gasteiger partial charge in [0.15, 0.2) is 17.3 Å². The van der Waals surface area contributed by atoms with E-state index in [9.17, 15) is 8.78 Å². The molecule has 0 aliphatic carbocycles. The van der Waals surface area contributed by atoms with E-state index in [1.54, 1.807) is 7.05 Å². The van der Waals surface area contributed by atoms with Crippen LogP contribution in [0.1, 0.15) is 31.2 Å². The molecule has 0 saturated heterocycles. The third-order valence-corrected chi connectivity index (χ3v) is 2.52. The number of hydrogen-bond acceptors (Lipinski definition) is 3. The first-order chi connectivity index (χ1) is 8.04. The number of oxazole rings is 1. The Balaban J connectivity index is 2.64. The molecular weight excluding hydrogens is 226 g/mol. The number of nitrogens with zero attached hydrogens (tertiary/aromatic N) is 1. The molecule has 0 bridgehead atoms. The summed E-state index contributed by atoms with van der Waals surface area (Å²) in [5.74, 6) is -1.39. The average Bonchev–Trinajstić information content (AvgIpc) is 2.70. The lowest BCUT2D eigenvalue weighted by Gasteiger charge is -2.02. The summed E-state index contributed by atoms with van der Waals surface area (Å²) >= 11 is 0. The highest BCUT2D eigenvalue weighted by Gasteiger charge is 2.19. The molecule has 17 heavy (non-hydrogen) atoms. The minimum absolute atomic E-state index is 0.0395. The molecule has 0 saturated carbocycles. The van der Waals surface area contributed by atoms with E-state index in [4.69, 9.17) is 4.42 Å². The first-order valence-corrected chi connectivity index (χ1v) is 5.46. The second-order valence-electron chi connectivity index (χ2n) is 4.25. The van der Waals surface area contributed by atoms with Gasteiger partial charge < -0.3 is 9.73 Å². The van der Waals surface area contributed by atoms with Gasteiger partial charge in [0.2, 0.25) is 5.82 Å². The number of hydrogen-bond donors (Lipinski definition) is 1. The molecule has 5 heteroatoms. The maximum atomic E-state index is 13.7. The van der Waals surface area contributed by atoms with Gasteiger partial charge in [-0.05, 0) is 13.1 Å². The second kappa shape index (κ2) is 4.41. The van der Waals surface area contributed by atoms with E-state index >= 15 is 0 Å². The molecule has 0 atom stereocenters. The van der Waals surface area contributed by atoms with Crippen molar-refractivity contribution in [2.45, 2.75) is 26.3 Å². The van der Waals surface area contributed by atoms with Crippen LogP contribution in [0.15, 0.2) is 10.5 Å². The molecule has 2 aromatic rings. The monoisotopic (exact) mass is 240 g/mol. The number of fused-ring (bicyclic) bond motifs is 1. The molecule has 1 N–H and O–H groups in total. The van der Waals surface area contributed by atoms with Crippen LogP contribution in [-0.2, 0) is 6.54 Å². The van der Waals surface area contributed by atoms with Crippen LogP contribution >= 0.6 is 0 Å². The largest absolute Gasteiger partial charge is 0.437 e. The number of nitrogens with one attached hydrogen (secondary N) is 1. The summed E-state index contributed by atoms with van der Waals surface area (Å²) in [7, 11) is 1.67. The Kier molecular flexibility index (Phi) is 3.11. The van der Waals surface area contributed by atoms with E-state index in [1.165, 1.54) is 6.07 Å². The molecule has 0 fully saturated rings. The summed E-state index contributed by atoms with van der Waals surface area (Å²) in [5.41, 5.74) is 0.505. The fourth-order valence-corrected chi connectivity index (χ4v) is 1.64. The lowest BCUT2D eigenvalue weighted by molar-refractivity contribution is 0.457. The Morgan fingerprint density at radius 3 is 2.65 bits per heavy atom. The number of halogens is 2. The second-order valence-corrected chi connectivity index (χ2v) is 4.25. The fraction of sp³-hybridized carbons (Fsp3) is 0.417. The lowest BCUT2D eigenvalue weighted by atomic mass is 10.2. The maximum Gasteiger partial charge on any atom is 0.203 e. The van der Waals surface area contributed by atoms with Gasteiger partial charge in [0.25, 0.3) is 0 Å². The quantitative estimate of drug-likeness (QED) is 0.896. The molecule has 0 radical (unpaired) electrons. The van der Waals surface area contributed by atoms with E-state index in [0.29, 0.717) is 11.4 Å². The first-order valence-electron chi connectivity index (χ1n) is 5.46. The van der Waals surface area contributed by atoms with Gasteiger partial charge in [-0.15, -0.1) is 0 Å². The molecule has 3 nitrogen and oxygen atoms in total. The van der Waals surface area contributed by atoms with Crippen LogP contribution in [0.25, 0.3) is 11.1 Å². The molecule has 0 aliphatic rings. The highest BCUT2D eigenvalue weighted by Crippen LogP contribution is 2.27. The van der Waals surface area contributed by atoms with Crippen molar-refractivity contribution in [1.82, 2.24) is 10.3 Å². The molecule has 2 rings (SSSR count). The molecule has 0 aliphatic heterocycles. The summed E-state index contributed by atoms with van der Waals surface area (Å²) in [6.45, 7) is 4.02. The molecule has 1 aromatic carbocycles. The lowest BCUT2D eigenvalue weighted by Crippen LogP contribution is -2.08. The predicted octanol–water partition coefficient (Wildman–Crippen LogP) is 2.95. The smallest absolute Gasteiger partial charge is 0.203 e. The highest BCUT2D eigenvalue weighted by atomic mass is 19.2. The standard InChI is InChI=1S/C12H14F2N2O/c1-6(2)12-16-8-4-7(5-15-3)9(13)10(14)11(8)17-12/h4,6,15H,5H2,1-3H3. The van der Waals surface area contributed by atoms with Gasteiger partial charge in [0.1, 0.15) is 5.52 Å². The summed E-state index contributed by atoms with van der Waals surface area (Å²) in [4.78, 5) is 4.16. The van der Waals surface area contributed by atoms with E-state index in [2.05, 4.69) is 10.3 Å². The van der Waals surface area contributed by atoms with Crippen molar-refractivity contribution in [3.8, 4) is 0 Å². The molecule has 0 unspecified atom stereocenters. The van der Waals surface area contributed by atoms with Crippen molar-refractivity contribution in [3.05, 3.63) is 29.2 Å². The van der Waals surface area contributed by atoms with Gasteiger partial charge in [-0.1, -0.05) is 13.8 Å². The molecular formula is C12H14F2N2O. The zero-order valence-electron chi connectivity index (χ0n) is 9.97. The summed E-state index contributed by atoms with van der Waals surface area (Å²) < 4.78 is 32.6. The van der Waals surface area contributed by atoms with Crippen LogP contribution < -0.4 is 5.32 Å². The van der Waals surface area contributed by atoms with E-state index in [-0.39, 0.29) is 23.6 Å². The zero-order chi connectivity index (χ0) is 12.6. The van der Waals surface area contributed by atoms with Crippen molar-refractivity contribution < 1.29 is 13.2 Å². The highest BCUT2D eigenvalue weighted by molar-refractivity contribution is 5.74. The van der Waals surface area contributed by atoms with Crippen LogP contribution in [0.5, 0.6) is 0 Å². The Morgan fingerprint density at radius 2 is 2.06 bits per heavy atom. The first kappa shape index (κ1) is 12.0. The molecule has 92 valence electrons. The maximum absolute atomic E-state index is 13.7. The normalized spacial score (nSPS) is 11.6. The third kappa shape index (κ3) is 2.02. The van der Waals surface area contributed by atoms with E-state index < -0.39 is 11.6 Å². The minimum Gasteiger partial charge on any atom is -0.437 e. The van der Waals surface area contributed by atoms with Crippen LogP contribution in [0.2, 0.25) is 0 Å². The Labute approximate surface area is 97.8 Å². The summed E-state index contributed by atoms with van der Waals surface area (Å²) in [6.07, 6.45) is 0. The summed E-state index contributed by atoms with van der Waals surface area (Å²) in [6, 6.07) is 1.51. The van der Waals surface area contributed by atoms with Crippen molar-refractivity contribution in [3.63, 3.8) is 0 Å². The van der Waals surface area contributed by atoms with Crippen LogP contribution in [0.3, 0.4) is 0 Å². The van der Waals surface area contributed by atoms with Gasteiger partial charge in [-0.3, -0.25) is 0 Å². The minimum atomic E-state index is -0.966. The molecule has 0 amide bonds. The Bertz CT molecular complexity index is 549. The molecule has 0 spiro atoms. The number of benzene rings is 1. The molecule has 1 aromatic heterocycles. The van der Waals surface area contributed by atoms with E-state index in [1.807, 2.05) is 13.8 Å². The van der Waals surface area contributed by atoms with Gasteiger partial charge in [-0.25, -0.2) is 9.37 Å². The number of rotatable bonds is 3. The van der Waals surface area contributed by atoms with Gasteiger partial charge in [0, 0.05) is 18.0 Å². The molecule has 1 heterocycles. The van der Waals surface area contributed by atoms with E-state index in [0.717, 1.165) is 0 Å². The average molecular weight is 240 g/mol. The fourth-order valence-electron chi connectivity index (χ4n) is 1.64. The van der Waals surface area contributed by atoms with Crippen LogP contribution in [-0.4, -0.2) is 12.0 Å². The van der Waals surface area contributed by atoms with Crippen molar-refractivity contribution >= 4 is 11.1 Å². The predicted molar refractivity (Wildman–Crippen MR) is 60.8 cm³/mol. The SMILES string of the molecule is CNCc1cc2nc(C(C)C)oc2c(F)c1F. The van der Waals surface area contributed by atoms with Crippen molar-refractivity contribution in [2.75, 3.05) is 7.05 Å². The van der Waals surface area contributed by atoms with Gasteiger partial charge >= 0.3 is 0 Å². The summed E-state index contributed by atoms with van der Waals surface area (Å²) in [5, 5.41) is 2.78. The zero-order valence-corrected chi connectivity index (χ0v) is 9.97.